The van der Waals surface area contributed by atoms with Crippen LogP contribution in [0.15, 0.2) is 61.5 Å². The van der Waals surface area contributed by atoms with Crippen molar-refractivity contribution in [3.63, 3.8) is 0 Å². The maximum Gasteiger partial charge on any atom is 0.110 e. The van der Waals surface area contributed by atoms with E-state index in [2.05, 4.69) is 88.7 Å². The van der Waals surface area contributed by atoms with Gasteiger partial charge in [-0.05, 0) is 49.9 Å². The number of aliphatic hydroxyl groups excluding tert-OH is 1. The first kappa shape index (κ1) is 32.7. The first-order valence-corrected chi connectivity index (χ1v) is 15.6. The second-order valence-corrected chi connectivity index (χ2v) is 13.6. The lowest BCUT2D eigenvalue weighted by Gasteiger charge is -2.41. The van der Waals surface area contributed by atoms with E-state index < -0.39 is 6.10 Å². The van der Waals surface area contributed by atoms with Crippen molar-refractivity contribution >= 4 is 0 Å². The third-order valence-corrected chi connectivity index (χ3v) is 8.35. The Kier molecular flexibility index (Phi) is 11.5. The van der Waals surface area contributed by atoms with Crippen molar-refractivity contribution in [1.29, 1.82) is 0 Å². The largest absolute Gasteiger partial charge is 0.385 e. The fourth-order valence-corrected chi connectivity index (χ4v) is 5.39. The van der Waals surface area contributed by atoms with Crippen LogP contribution in [0, 0.1) is 11.3 Å². The average Bonchev–Trinajstić information content (AvgIpc) is 3.59. The van der Waals surface area contributed by atoms with E-state index in [9.17, 15) is 5.11 Å². The number of allylic oxidation sites excluding steroid dienone is 1. The number of likely N-dealkylation sites (tertiary alicyclic amines) is 1. The van der Waals surface area contributed by atoms with Crippen molar-refractivity contribution in [3.8, 4) is 0 Å². The molecule has 1 saturated carbocycles. The topological polar surface area (TPSA) is 85.3 Å². The maximum atomic E-state index is 10.5. The molecule has 228 valence electrons. The van der Waals surface area contributed by atoms with Gasteiger partial charge in [0.2, 0.25) is 0 Å². The standard InChI is InChI=1S/C34H56N6O/c1-22(2)13-11-14-29-19-37-30(20-36-29)23(3)24(4)39-33(34(8,9)10)27(7)40-18-12-15-31(40)25(5)35-21-32(41)26(6)38-28-16-17-28/h19-20,22-23,28,31-33,35,38-39,41H,4-7,11-18,21H2,1-3,8-10H3/t23-,31?,32?,33?/m0/s1. The Morgan fingerprint density at radius 1 is 1.05 bits per heavy atom. The first-order valence-electron chi connectivity index (χ1n) is 15.6. The number of aryl methyl sites for hydroxylation is 1. The molecule has 2 fully saturated rings. The molecule has 0 spiro atoms. The number of rotatable bonds is 17. The molecule has 0 radical (unpaired) electrons. The van der Waals surface area contributed by atoms with E-state index in [-0.39, 0.29) is 23.4 Å². The minimum Gasteiger partial charge on any atom is -0.385 e. The molecule has 7 nitrogen and oxygen atoms in total. The lowest BCUT2D eigenvalue weighted by Crippen LogP contribution is -2.49. The van der Waals surface area contributed by atoms with Crippen LogP contribution < -0.4 is 16.0 Å². The molecule has 3 rings (SSSR count). The summed E-state index contributed by atoms with van der Waals surface area (Å²) < 4.78 is 0. The molecular weight excluding hydrogens is 508 g/mol. The Labute approximate surface area is 249 Å². The lowest BCUT2D eigenvalue weighted by atomic mass is 9.83. The quantitative estimate of drug-likeness (QED) is 0.191. The summed E-state index contributed by atoms with van der Waals surface area (Å²) in [6.07, 6.45) is 10.8. The van der Waals surface area contributed by atoms with Crippen molar-refractivity contribution in [1.82, 2.24) is 30.8 Å². The van der Waals surface area contributed by atoms with E-state index >= 15 is 0 Å². The number of hydrogen-bond donors (Lipinski definition) is 4. The molecule has 1 aliphatic carbocycles. The molecule has 4 N–H and O–H groups in total. The molecule has 2 aliphatic rings. The Hall–Kier alpha value is -2.80. The summed E-state index contributed by atoms with van der Waals surface area (Å²) in [6.45, 7) is 32.0. The Morgan fingerprint density at radius 2 is 1.76 bits per heavy atom. The van der Waals surface area contributed by atoms with Crippen molar-refractivity contribution in [2.75, 3.05) is 13.1 Å². The van der Waals surface area contributed by atoms with Crippen LogP contribution in [-0.4, -0.2) is 57.3 Å². The highest BCUT2D eigenvalue weighted by Gasteiger charge is 2.36. The summed E-state index contributed by atoms with van der Waals surface area (Å²) in [5.74, 6) is 0.717. The zero-order valence-electron chi connectivity index (χ0n) is 26.6. The Bertz CT molecular complexity index is 1050. The minimum atomic E-state index is -0.656. The van der Waals surface area contributed by atoms with E-state index in [1.54, 1.807) is 0 Å². The molecule has 41 heavy (non-hydrogen) atoms. The summed E-state index contributed by atoms with van der Waals surface area (Å²) in [5.41, 5.74) is 5.39. The van der Waals surface area contributed by atoms with E-state index in [0.717, 1.165) is 73.5 Å². The summed E-state index contributed by atoms with van der Waals surface area (Å²) in [6, 6.07) is 0.562. The van der Waals surface area contributed by atoms with E-state index in [1.807, 2.05) is 12.4 Å². The zero-order valence-corrected chi connectivity index (χ0v) is 26.6. The number of hydrogen-bond acceptors (Lipinski definition) is 7. The fourth-order valence-electron chi connectivity index (χ4n) is 5.39. The number of aromatic nitrogens is 2. The summed E-state index contributed by atoms with van der Waals surface area (Å²) in [5, 5.41) is 21.0. The van der Waals surface area contributed by atoms with Crippen molar-refractivity contribution < 1.29 is 5.11 Å². The van der Waals surface area contributed by atoms with Gasteiger partial charge in [-0.25, -0.2) is 0 Å². The van der Waals surface area contributed by atoms with Gasteiger partial charge in [-0.15, -0.1) is 0 Å². The molecule has 0 bridgehead atoms. The van der Waals surface area contributed by atoms with Crippen LogP contribution in [0.25, 0.3) is 0 Å². The van der Waals surface area contributed by atoms with Crippen LogP contribution in [0.5, 0.6) is 0 Å². The number of nitrogens with one attached hydrogen (secondary N) is 3. The third-order valence-electron chi connectivity index (χ3n) is 8.35. The van der Waals surface area contributed by atoms with Crippen LogP contribution in [-0.2, 0) is 6.42 Å². The number of aliphatic hydroxyl groups is 1. The molecule has 0 aromatic carbocycles. The summed E-state index contributed by atoms with van der Waals surface area (Å²) in [4.78, 5) is 11.8. The predicted octanol–water partition coefficient (Wildman–Crippen LogP) is 5.78. The minimum absolute atomic E-state index is 0.00899. The SMILES string of the molecule is C=C(NC1CC1)C(O)CNC(=C)C1CCCN1C(=C)C(NC(=C)[C@H](C)c1cnc(CCCC(C)C)cn1)C(C)(C)C. The van der Waals surface area contributed by atoms with E-state index in [4.69, 9.17) is 9.97 Å². The predicted molar refractivity (Wildman–Crippen MR) is 171 cm³/mol. The van der Waals surface area contributed by atoms with Crippen molar-refractivity contribution in [3.05, 3.63) is 72.9 Å². The van der Waals surface area contributed by atoms with Crippen molar-refractivity contribution in [2.45, 2.75) is 117 Å². The molecular formula is C34H56N6O. The highest BCUT2D eigenvalue weighted by molar-refractivity contribution is 5.24. The Morgan fingerprint density at radius 3 is 2.34 bits per heavy atom. The first-order chi connectivity index (χ1) is 19.3. The van der Waals surface area contributed by atoms with Crippen LogP contribution in [0.1, 0.15) is 97.4 Å². The highest BCUT2D eigenvalue weighted by Crippen LogP contribution is 2.34. The van der Waals surface area contributed by atoms with Crippen molar-refractivity contribution in [2.24, 2.45) is 11.3 Å². The Balaban J connectivity index is 1.60. The molecule has 1 aromatic rings. The fraction of sp³-hybridized carbons (Fsp3) is 0.647. The smallest absolute Gasteiger partial charge is 0.110 e. The van der Waals surface area contributed by atoms with Crippen LogP contribution in [0.2, 0.25) is 0 Å². The molecule has 1 aliphatic heterocycles. The summed E-state index contributed by atoms with van der Waals surface area (Å²) in [7, 11) is 0. The molecule has 7 heteroatoms. The average molecular weight is 565 g/mol. The number of nitrogens with zero attached hydrogens (tertiary/aromatic N) is 3. The van der Waals surface area contributed by atoms with Crippen LogP contribution >= 0.6 is 0 Å². The zero-order chi connectivity index (χ0) is 30.3. The normalized spacial score (nSPS) is 19.4. The molecule has 0 amide bonds. The lowest BCUT2D eigenvalue weighted by molar-refractivity contribution is 0.197. The molecule has 4 atom stereocenters. The van der Waals surface area contributed by atoms with Gasteiger partial charge < -0.3 is 26.0 Å². The summed E-state index contributed by atoms with van der Waals surface area (Å²) >= 11 is 0. The monoisotopic (exact) mass is 564 g/mol. The second kappa shape index (κ2) is 14.4. The van der Waals surface area contributed by atoms with Gasteiger partial charge in [0.1, 0.15) is 6.10 Å². The van der Waals surface area contributed by atoms with E-state index in [0.29, 0.717) is 24.2 Å². The maximum absolute atomic E-state index is 10.5. The van der Waals surface area contributed by atoms with Gasteiger partial charge in [0.15, 0.2) is 0 Å². The van der Waals surface area contributed by atoms with Gasteiger partial charge in [0.05, 0.1) is 23.5 Å². The highest BCUT2D eigenvalue weighted by atomic mass is 16.3. The molecule has 1 aromatic heterocycles. The second-order valence-electron chi connectivity index (χ2n) is 13.6. The van der Waals surface area contributed by atoms with Crippen LogP contribution in [0.4, 0.5) is 0 Å². The van der Waals surface area contributed by atoms with Gasteiger partial charge >= 0.3 is 0 Å². The van der Waals surface area contributed by atoms with Gasteiger partial charge in [0, 0.05) is 60.2 Å². The molecule has 3 unspecified atom stereocenters. The van der Waals surface area contributed by atoms with Crippen LogP contribution in [0.3, 0.4) is 0 Å². The molecule has 1 saturated heterocycles. The van der Waals surface area contributed by atoms with Gasteiger partial charge in [-0.2, -0.15) is 0 Å². The third kappa shape index (κ3) is 9.63. The van der Waals surface area contributed by atoms with E-state index in [1.165, 1.54) is 6.42 Å². The van der Waals surface area contributed by atoms with Gasteiger partial charge in [0.25, 0.3) is 0 Å². The van der Waals surface area contributed by atoms with Gasteiger partial charge in [-0.1, -0.05) is 74.3 Å². The van der Waals surface area contributed by atoms with Gasteiger partial charge in [-0.3, -0.25) is 9.97 Å². The molecule has 2 heterocycles.